The van der Waals surface area contributed by atoms with E-state index in [0.29, 0.717) is 0 Å². The number of aryl methyl sites for hydroxylation is 1. The van der Waals surface area contributed by atoms with E-state index in [1.807, 2.05) is 61.4 Å². The lowest BCUT2D eigenvalue weighted by atomic mass is 10.1. The second kappa shape index (κ2) is 6.60. The molecule has 0 radical (unpaired) electrons. The van der Waals surface area contributed by atoms with Gasteiger partial charge in [0.2, 0.25) is 0 Å². The first kappa shape index (κ1) is 17.5. The predicted octanol–water partition coefficient (Wildman–Crippen LogP) is 4.27. The SMILES string of the molecule is Cc1ncc(-c2ccc3[nH]nc(-c4cc5c(-c6ccncc6)cncc5[nH]4)c3n2)n1C. The quantitative estimate of drug-likeness (QED) is 0.457. The van der Waals surface area contributed by atoms with Crippen LogP contribution in [0.1, 0.15) is 5.82 Å². The first-order valence-corrected chi connectivity index (χ1v) is 9.90. The number of imidazole rings is 1. The van der Waals surface area contributed by atoms with E-state index in [2.05, 4.69) is 36.2 Å². The number of aromatic amines is 2. The van der Waals surface area contributed by atoms with Crippen molar-refractivity contribution in [3.05, 3.63) is 67.1 Å². The number of fused-ring (bicyclic) bond motifs is 2. The summed E-state index contributed by atoms with van der Waals surface area (Å²) in [5.74, 6) is 0.941. The van der Waals surface area contributed by atoms with Gasteiger partial charge in [-0.25, -0.2) is 9.97 Å². The highest BCUT2D eigenvalue weighted by atomic mass is 15.1. The Kier molecular flexibility index (Phi) is 3.73. The second-order valence-corrected chi connectivity index (χ2v) is 7.48. The van der Waals surface area contributed by atoms with E-state index in [4.69, 9.17) is 4.98 Å². The lowest BCUT2D eigenvalue weighted by Gasteiger charge is -2.03. The second-order valence-electron chi connectivity index (χ2n) is 7.48. The first-order chi connectivity index (χ1) is 15.2. The predicted molar refractivity (Wildman–Crippen MR) is 119 cm³/mol. The third-order valence-corrected chi connectivity index (χ3v) is 5.68. The third-order valence-electron chi connectivity index (χ3n) is 5.68. The Bertz CT molecular complexity index is 1560. The van der Waals surface area contributed by atoms with Crippen LogP contribution in [-0.4, -0.2) is 39.7 Å². The van der Waals surface area contributed by atoms with Gasteiger partial charge in [-0.2, -0.15) is 5.10 Å². The summed E-state index contributed by atoms with van der Waals surface area (Å²) in [5.41, 5.74) is 8.21. The summed E-state index contributed by atoms with van der Waals surface area (Å²) >= 11 is 0. The normalized spacial score (nSPS) is 11.5. The average Bonchev–Trinajstić information content (AvgIpc) is 3.50. The maximum Gasteiger partial charge on any atom is 0.135 e. The maximum atomic E-state index is 4.91. The number of aromatic nitrogens is 8. The summed E-state index contributed by atoms with van der Waals surface area (Å²) in [5, 5.41) is 8.73. The molecule has 6 aromatic rings. The van der Waals surface area contributed by atoms with Crippen molar-refractivity contribution in [3.63, 3.8) is 0 Å². The highest BCUT2D eigenvalue weighted by molar-refractivity contribution is 5.99. The van der Waals surface area contributed by atoms with Gasteiger partial charge in [0.05, 0.1) is 40.5 Å². The molecular weight excluding hydrogens is 388 g/mol. The van der Waals surface area contributed by atoms with Crippen LogP contribution in [0.2, 0.25) is 0 Å². The number of nitrogens with zero attached hydrogens (tertiary/aromatic N) is 6. The Hall–Kier alpha value is -4.33. The number of pyridine rings is 3. The largest absolute Gasteiger partial charge is 0.352 e. The minimum atomic E-state index is 0.771. The summed E-state index contributed by atoms with van der Waals surface area (Å²) in [6.45, 7) is 1.98. The van der Waals surface area contributed by atoms with E-state index in [1.54, 1.807) is 12.4 Å². The summed E-state index contributed by atoms with van der Waals surface area (Å²) in [6, 6.07) is 10.1. The molecular formula is C23H18N8. The van der Waals surface area contributed by atoms with Crippen molar-refractivity contribution in [2.45, 2.75) is 6.92 Å². The van der Waals surface area contributed by atoms with Crippen molar-refractivity contribution in [2.24, 2.45) is 7.05 Å². The highest BCUT2D eigenvalue weighted by Gasteiger charge is 2.16. The van der Waals surface area contributed by atoms with Crippen molar-refractivity contribution in [1.82, 2.24) is 39.7 Å². The van der Waals surface area contributed by atoms with Crippen molar-refractivity contribution in [1.29, 1.82) is 0 Å². The van der Waals surface area contributed by atoms with Crippen LogP contribution in [0.15, 0.2) is 61.3 Å². The zero-order valence-corrected chi connectivity index (χ0v) is 17.0. The van der Waals surface area contributed by atoms with Gasteiger partial charge < -0.3 is 9.55 Å². The minimum absolute atomic E-state index is 0.771. The lowest BCUT2D eigenvalue weighted by molar-refractivity contribution is 0.862. The average molecular weight is 406 g/mol. The standard InChI is InChI=1S/C23H18N8/c1-13-26-12-21(31(13)2)17-3-4-18-22(28-17)23(30-29-18)19-9-15-16(10-25-11-20(15)27-19)14-5-7-24-8-6-14/h3-12,27H,1-2H3,(H,29,30). The van der Waals surface area contributed by atoms with E-state index in [1.165, 1.54) is 0 Å². The van der Waals surface area contributed by atoms with Gasteiger partial charge in [0.15, 0.2) is 0 Å². The molecule has 8 nitrogen and oxygen atoms in total. The minimum Gasteiger partial charge on any atom is -0.352 e. The van der Waals surface area contributed by atoms with Gasteiger partial charge in [-0.1, -0.05) is 0 Å². The fraction of sp³-hybridized carbons (Fsp3) is 0.0870. The van der Waals surface area contributed by atoms with Crippen LogP contribution < -0.4 is 0 Å². The van der Waals surface area contributed by atoms with Gasteiger partial charge in [0.1, 0.15) is 17.0 Å². The first-order valence-electron chi connectivity index (χ1n) is 9.90. The third kappa shape index (κ3) is 2.72. The molecule has 150 valence electrons. The molecule has 0 saturated carbocycles. The molecule has 0 aromatic carbocycles. The van der Waals surface area contributed by atoms with Gasteiger partial charge in [-0.05, 0) is 42.8 Å². The molecule has 6 heterocycles. The molecule has 8 heteroatoms. The molecule has 0 saturated heterocycles. The molecule has 31 heavy (non-hydrogen) atoms. The van der Waals surface area contributed by atoms with E-state index in [0.717, 1.165) is 61.7 Å². The zero-order valence-electron chi connectivity index (χ0n) is 17.0. The molecule has 0 amide bonds. The summed E-state index contributed by atoms with van der Waals surface area (Å²) < 4.78 is 2.03. The molecule has 0 bridgehead atoms. The fourth-order valence-electron chi connectivity index (χ4n) is 3.91. The molecule has 0 atom stereocenters. The summed E-state index contributed by atoms with van der Waals surface area (Å²) in [4.78, 5) is 21.3. The Labute approximate surface area is 177 Å². The van der Waals surface area contributed by atoms with Crippen LogP contribution in [0.4, 0.5) is 0 Å². The topological polar surface area (TPSA) is 101 Å². The molecule has 2 N–H and O–H groups in total. The van der Waals surface area contributed by atoms with E-state index < -0.39 is 0 Å². The van der Waals surface area contributed by atoms with Gasteiger partial charge in [-0.15, -0.1) is 0 Å². The highest BCUT2D eigenvalue weighted by Crippen LogP contribution is 2.33. The van der Waals surface area contributed by atoms with Crippen molar-refractivity contribution in [3.8, 4) is 33.9 Å². The molecule has 0 fully saturated rings. The number of rotatable bonds is 3. The summed E-state index contributed by atoms with van der Waals surface area (Å²) in [7, 11) is 1.99. The van der Waals surface area contributed by atoms with Crippen LogP contribution in [0.3, 0.4) is 0 Å². The van der Waals surface area contributed by atoms with E-state index >= 15 is 0 Å². The van der Waals surface area contributed by atoms with Gasteiger partial charge >= 0.3 is 0 Å². The van der Waals surface area contributed by atoms with Crippen LogP contribution >= 0.6 is 0 Å². The molecule has 6 rings (SSSR count). The summed E-state index contributed by atoms with van der Waals surface area (Å²) in [6.07, 6.45) is 9.12. The van der Waals surface area contributed by atoms with Crippen molar-refractivity contribution < 1.29 is 0 Å². The smallest absolute Gasteiger partial charge is 0.135 e. The Balaban J connectivity index is 1.52. The number of hydrogen-bond acceptors (Lipinski definition) is 5. The Morgan fingerprint density at radius 2 is 1.81 bits per heavy atom. The van der Waals surface area contributed by atoms with Crippen LogP contribution in [0, 0.1) is 6.92 Å². The lowest BCUT2D eigenvalue weighted by Crippen LogP contribution is -1.96. The van der Waals surface area contributed by atoms with E-state index in [9.17, 15) is 0 Å². The number of nitrogens with one attached hydrogen (secondary N) is 2. The van der Waals surface area contributed by atoms with Crippen molar-refractivity contribution in [2.75, 3.05) is 0 Å². The molecule has 6 aromatic heterocycles. The molecule has 0 aliphatic carbocycles. The van der Waals surface area contributed by atoms with Gasteiger partial charge in [-0.3, -0.25) is 15.1 Å². The van der Waals surface area contributed by atoms with E-state index in [-0.39, 0.29) is 0 Å². The molecule has 0 aliphatic rings. The number of H-pyrrole nitrogens is 2. The molecule has 0 aliphatic heterocycles. The Morgan fingerprint density at radius 3 is 2.61 bits per heavy atom. The van der Waals surface area contributed by atoms with Crippen LogP contribution in [0.5, 0.6) is 0 Å². The van der Waals surface area contributed by atoms with Crippen molar-refractivity contribution >= 4 is 21.9 Å². The zero-order chi connectivity index (χ0) is 20.9. The van der Waals surface area contributed by atoms with Crippen LogP contribution in [-0.2, 0) is 7.05 Å². The maximum absolute atomic E-state index is 4.91. The van der Waals surface area contributed by atoms with Crippen LogP contribution in [0.25, 0.3) is 55.8 Å². The van der Waals surface area contributed by atoms with Gasteiger partial charge in [0, 0.05) is 36.6 Å². The monoisotopic (exact) mass is 406 g/mol. The molecule has 0 spiro atoms. The number of hydrogen-bond donors (Lipinski definition) is 2. The molecule has 0 unspecified atom stereocenters. The Morgan fingerprint density at radius 1 is 0.935 bits per heavy atom. The van der Waals surface area contributed by atoms with Gasteiger partial charge in [0.25, 0.3) is 0 Å². The fourth-order valence-corrected chi connectivity index (χ4v) is 3.91.